The number of aliphatic imine (C=N–C) groups is 2. The van der Waals surface area contributed by atoms with Gasteiger partial charge in [0, 0.05) is 25.9 Å². The first-order valence-electron chi connectivity index (χ1n) is 37.8. The highest BCUT2D eigenvalue weighted by Gasteiger charge is 2.39. The molecule has 0 heterocycles. The van der Waals surface area contributed by atoms with E-state index in [-0.39, 0.29) is 88.7 Å². The third kappa shape index (κ3) is 42.7. The van der Waals surface area contributed by atoms with E-state index in [1.165, 1.54) is 13.8 Å². The maximum atomic E-state index is 14.3. The van der Waals surface area contributed by atoms with Gasteiger partial charge in [0.2, 0.25) is 106 Å². The van der Waals surface area contributed by atoms with E-state index in [9.17, 15) is 116 Å². The van der Waals surface area contributed by atoms with Crippen LogP contribution in [-0.4, -0.2) is 263 Å². The van der Waals surface area contributed by atoms with Crippen molar-refractivity contribution in [3.63, 3.8) is 0 Å². The molecule has 0 unspecified atom stereocenters. The monoisotopic (exact) mass is 1680 g/mol. The van der Waals surface area contributed by atoms with Crippen LogP contribution >= 0.6 is 0 Å². The lowest BCUT2D eigenvalue weighted by atomic mass is 9.94. The molecule has 0 saturated heterocycles. The predicted octanol–water partition coefficient (Wildman–Crippen LogP) is -11.1. The Hall–Kier alpha value is -12.6. The van der Waals surface area contributed by atoms with Crippen LogP contribution in [0.3, 0.4) is 0 Å². The summed E-state index contributed by atoms with van der Waals surface area (Å²) in [5, 5.41) is 64.0. The van der Waals surface area contributed by atoms with E-state index in [1.807, 2.05) is 5.32 Å². The van der Waals surface area contributed by atoms with Crippen LogP contribution < -0.4 is 126 Å². The first-order chi connectivity index (χ1) is 55.0. The van der Waals surface area contributed by atoms with Crippen LogP contribution in [-0.2, 0) is 101 Å². The van der Waals surface area contributed by atoms with E-state index in [0.717, 1.165) is 6.92 Å². The summed E-state index contributed by atoms with van der Waals surface area (Å²) in [4.78, 5) is 283. The Balaban J connectivity index is 6.63. The maximum absolute atomic E-state index is 14.3. The number of amides is 18. The predicted molar refractivity (Wildman–Crippen MR) is 417 cm³/mol. The second-order valence-electron chi connectivity index (χ2n) is 28.5. The van der Waals surface area contributed by atoms with Gasteiger partial charge in [0.05, 0.1) is 38.9 Å². The number of carboxylic acid groups (broad SMARTS) is 3. The van der Waals surface area contributed by atoms with Crippen LogP contribution in [0.4, 0.5) is 0 Å². The fourth-order valence-corrected chi connectivity index (χ4v) is 10.7. The molecular formula is C69H119N25O24. The molecule has 0 rings (SSSR count). The summed E-state index contributed by atoms with van der Waals surface area (Å²) < 4.78 is 0. The van der Waals surface area contributed by atoms with Gasteiger partial charge in [-0.25, -0.2) is 4.79 Å². The van der Waals surface area contributed by atoms with Gasteiger partial charge in [-0.05, 0) is 82.5 Å². The number of nitrogens with two attached hydrogens (primary N) is 8. The lowest BCUT2D eigenvalue weighted by molar-refractivity contribution is -0.143. The van der Waals surface area contributed by atoms with E-state index < -0.39 is 272 Å². The number of nitrogens with zero attached hydrogens (tertiary/aromatic N) is 2. The molecule has 0 aromatic rings. The Morgan fingerprint density at radius 2 is 0.653 bits per heavy atom. The smallest absolute Gasteiger partial charge is 0.326 e. The first-order valence-corrected chi connectivity index (χ1v) is 37.8. The zero-order valence-corrected chi connectivity index (χ0v) is 67.7. The molecule has 0 saturated carbocycles. The minimum Gasteiger partial charge on any atom is -0.481 e. The summed E-state index contributed by atoms with van der Waals surface area (Å²) in [6.45, 7) is 12.7. The molecule has 15 atom stereocenters. The number of guanidine groups is 2. The van der Waals surface area contributed by atoms with Crippen molar-refractivity contribution in [3.8, 4) is 0 Å². The number of carboxylic acids is 3. The molecule has 0 radical (unpaired) electrons. The van der Waals surface area contributed by atoms with Crippen LogP contribution in [0.2, 0.25) is 0 Å². The van der Waals surface area contributed by atoms with Crippen LogP contribution in [0.25, 0.3) is 0 Å². The second kappa shape index (κ2) is 54.3. The average molecular weight is 1680 g/mol. The minimum atomic E-state index is -2.12. The van der Waals surface area contributed by atoms with Crippen LogP contribution in [0.5, 0.6) is 0 Å². The molecule has 49 nitrogen and oxygen atoms in total. The minimum absolute atomic E-state index is 0.0274. The highest BCUT2D eigenvalue weighted by molar-refractivity contribution is 6.02. The van der Waals surface area contributed by atoms with E-state index in [2.05, 4.69) is 84.4 Å². The molecule has 0 aromatic carbocycles. The number of primary amides is 3. The van der Waals surface area contributed by atoms with Gasteiger partial charge in [-0.2, -0.15) is 0 Å². The van der Waals surface area contributed by atoms with Gasteiger partial charge in [-0.15, -0.1) is 0 Å². The number of aliphatic carboxylic acids is 3. The Bertz CT molecular complexity index is 3610. The van der Waals surface area contributed by atoms with Crippen molar-refractivity contribution in [2.75, 3.05) is 32.7 Å². The maximum Gasteiger partial charge on any atom is 0.326 e. The number of carbonyl (C=O) groups is 21. The molecule has 0 spiro atoms. The van der Waals surface area contributed by atoms with Gasteiger partial charge in [0.15, 0.2) is 11.9 Å². The number of hydrogen-bond donors (Lipinski definition) is 26. The normalized spacial score (nSPS) is 14.7. The molecule has 664 valence electrons. The molecule has 34 N–H and O–H groups in total. The third-order valence-electron chi connectivity index (χ3n) is 17.6. The fourth-order valence-electron chi connectivity index (χ4n) is 10.7. The van der Waals surface area contributed by atoms with Gasteiger partial charge in [0.25, 0.3) is 0 Å². The van der Waals surface area contributed by atoms with Crippen molar-refractivity contribution < 1.29 is 116 Å². The molecule has 0 aliphatic carbocycles. The molecule has 18 amide bonds. The van der Waals surface area contributed by atoms with Crippen molar-refractivity contribution in [3.05, 3.63) is 0 Å². The molecule has 0 aliphatic heterocycles. The standard InChI is InChI=1S/C69H119N25O24/c1-11-32(7)53(65(115)81-29-49(100)86-42(25-50(101)102)63(113)91-43(26-51(103)104)61(111)82-34(9)55(105)89-41(24-46(73)97)62(112)88-39(67(117)118)16-14-22-79-69(76)77)94-66(116)54(33(8)12-2)93-56(106)35(10)83-60(110)40(23-30(3)4)90-58(108)38(18-20-45(72)96)87-57(107)36(15-13-21-78-68(74)75)85-48(99)28-80-64(114)52(31(5)6)92-59(109)37(17-19-44(71)95)84-47(98)27-70/h30-43,52-54H,11-29,70H2,1-10H3,(H2,71,95)(H2,72,96)(H2,73,97)(H,80,114)(H,81,115)(H,82,111)(H,83,110)(H,84,98)(H,85,99)(H,86,100)(H,87,107)(H,88,112)(H,89,105)(H,90,108)(H,91,113)(H,92,109)(H,93,106)(H,94,116)(H,101,102)(H,103,104)(H,117,118)(H4,74,75,78)(H4,76,77,79)/t32-,33-,34-,35-,36-,37-,38-,39-,40-,41-,42-,43-,52-,53-,54-/m0/s1. The zero-order valence-electron chi connectivity index (χ0n) is 67.7. The number of hydrogen-bond acceptors (Lipinski definition) is 24. The number of rotatable bonds is 58. The lowest BCUT2D eigenvalue weighted by Gasteiger charge is -2.30. The van der Waals surface area contributed by atoms with Gasteiger partial charge in [0.1, 0.15) is 78.5 Å². The number of nitrogens with one attached hydrogen (secondary N) is 15. The summed E-state index contributed by atoms with van der Waals surface area (Å²) in [6, 6.07) is -21.1. The van der Waals surface area contributed by atoms with Crippen LogP contribution in [0.1, 0.15) is 159 Å². The molecule has 118 heavy (non-hydrogen) atoms. The Kier molecular flexibility index (Phi) is 48.4. The molecule has 0 aromatic heterocycles. The molecule has 0 aliphatic rings. The van der Waals surface area contributed by atoms with Crippen molar-refractivity contribution in [2.45, 2.75) is 238 Å². The quantitative estimate of drug-likeness (QED) is 0.0153. The summed E-state index contributed by atoms with van der Waals surface area (Å²) in [7, 11) is 0. The summed E-state index contributed by atoms with van der Waals surface area (Å²) in [5.41, 5.74) is 42.8. The summed E-state index contributed by atoms with van der Waals surface area (Å²) in [5.74, 6) is -26.8. The summed E-state index contributed by atoms with van der Waals surface area (Å²) >= 11 is 0. The van der Waals surface area contributed by atoms with Crippen molar-refractivity contribution in [1.29, 1.82) is 0 Å². The molecule has 49 heteroatoms. The molecule has 0 fully saturated rings. The van der Waals surface area contributed by atoms with Gasteiger partial charge < -0.3 is 141 Å². The van der Waals surface area contributed by atoms with Crippen molar-refractivity contribution in [2.24, 2.45) is 79.5 Å². The first kappa shape index (κ1) is 105. The SMILES string of the molecule is CC[C@H](C)[C@H](NC(=O)[C@H](C)NC(=O)[C@H](CC(C)C)NC(=O)[C@H](CCC(N)=O)NC(=O)[C@H](CCCN=C(N)N)NC(=O)CNC(=O)[C@@H](NC(=O)[C@H](CCC(N)=O)NC(=O)CN)C(C)C)C(=O)N[C@H](C(=O)NCC(=O)N[C@@H](CC(=O)O)C(=O)N[C@@H](CC(=O)O)C(=O)N[C@@H](C)C(=O)N[C@@H](CC(N)=O)C(=O)N[C@@H](CCCN=C(N)N)C(=O)O)[C@@H](C)CC. The second-order valence-corrected chi connectivity index (χ2v) is 28.5. The van der Waals surface area contributed by atoms with Gasteiger partial charge in [-0.3, -0.25) is 106 Å². The fraction of sp³-hybridized carbons (Fsp3) is 0.667. The van der Waals surface area contributed by atoms with E-state index in [4.69, 9.17) is 45.9 Å². The summed E-state index contributed by atoms with van der Waals surface area (Å²) in [6.07, 6.45) is -4.92. The highest BCUT2D eigenvalue weighted by Crippen LogP contribution is 2.15. The zero-order chi connectivity index (χ0) is 90.5. The van der Waals surface area contributed by atoms with E-state index in [0.29, 0.717) is 0 Å². The number of carbonyl (C=O) groups excluding carboxylic acids is 18. The van der Waals surface area contributed by atoms with Crippen molar-refractivity contribution >= 4 is 136 Å². The molecule has 0 bridgehead atoms. The molecular weight excluding hydrogens is 1560 g/mol. The topological polar surface area (TPSA) is 832 Å². The largest absolute Gasteiger partial charge is 0.481 e. The highest BCUT2D eigenvalue weighted by atomic mass is 16.4. The Morgan fingerprint density at radius 1 is 0.331 bits per heavy atom. The average Bonchev–Trinajstić information content (AvgIpc) is 0.862. The lowest BCUT2D eigenvalue weighted by Crippen LogP contribution is -2.61. The van der Waals surface area contributed by atoms with E-state index >= 15 is 0 Å². The van der Waals surface area contributed by atoms with Crippen LogP contribution in [0.15, 0.2) is 9.98 Å². The van der Waals surface area contributed by atoms with Crippen molar-refractivity contribution in [1.82, 2.24) is 79.8 Å². The van der Waals surface area contributed by atoms with Crippen LogP contribution in [0, 0.1) is 23.7 Å². The Labute approximate surface area is 679 Å². The van der Waals surface area contributed by atoms with Gasteiger partial charge >= 0.3 is 17.9 Å². The van der Waals surface area contributed by atoms with Gasteiger partial charge in [-0.1, -0.05) is 68.2 Å². The Morgan fingerprint density at radius 3 is 1.07 bits per heavy atom. The third-order valence-corrected chi connectivity index (χ3v) is 17.6. The van der Waals surface area contributed by atoms with E-state index in [1.54, 1.807) is 48.5 Å².